The normalized spacial score (nSPS) is 10.3. The lowest BCUT2D eigenvalue weighted by Gasteiger charge is -2.01. The van der Waals surface area contributed by atoms with Gasteiger partial charge in [0.25, 0.3) is 5.69 Å². The molecule has 2 aromatic rings. The van der Waals surface area contributed by atoms with Crippen molar-refractivity contribution >= 4 is 34.5 Å². The molecule has 0 aliphatic heterocycles. The first-order valence-corrected chi connectivity index (χ1v) is 4.70. The van der Waals surface area contributed by atoms with Gasteiger partial charge in [-0.2, -0.15) is 0 Å². The summed E-state index contributed by atoms with van der Waals surface area (Å²) < 4.78 is 0. The van der Waals surface area contributed by atoms with Crippen LogP contribution in [0.2, 0.25) is 5.15 Å². The third-order valence-electron chi connectivity index (χ3n) is 2.13. The van der Waals surface area contributed by atoms with E-state index in [9.17, 15) is 14.9 Å². The highest BCUT2D eigenvalue weighted by Gasteiger charge is 2.14. The predicted octanol–water partition coefficient (Wildman–Crippen LogP) is 2.61. The molecule has 0 spiro atoms. The summed E-state index contributed by atoms with van der Waals surface area (Å²) in [5.41, 5.74) is 0.273. The molecule has 0 bridgehead atoms. The van der Waals surface area contributed by atoms with Gasteiger partial charge in [0.2, 0.25) is 0 Å². The van der Waals surface area contributed by atoms with Gasteiger partial charge >= 0.3 is 0 Å². The van der Waals surface area contributed by atoms with Crippen molar-refractivity contribution in [3.63, 3.8) is 0 Å². The zero-order chi connectivity index (χ0) is 11.7. The zero-order valence-electron chi connectivity index (χ0n) is 7.88. The van der Waals surface area contributed by atoms with Gasteiger partial charge in [0, 0.05) is 11.5 Å². The number of hydrogen-bond acceptors (Lipinski definition) is 4. The first-order valence-electron chi connectivity index (χ1n) is 4.32. The first kappa shape index (κ1) is 10.5. The molecule has 0 unspecified atom stereocenters. The number of nitro groups is 1. The molecule has 0 N–H and O–H groups in total. The monoisotopic (exact) mass is 236 g/mol. The molecular weight excluding hydrogens is 232 g/mol. The minimum Gasteiger partial charge on any atom is -0.298 e. The van der Waals surface area contributed by atoms with Gasteiger partial charge in [0.05, 0.1) is 10.5 Å². The van der Waals surface area contributed by atoms with Gasteiger partial charge in [-0.1, -0.05) is 23.7 Å². The number of hydrogen-bond donors (Lipinski definition) is 0. The standard InChI is InChI=1S/C10H5ClN2O3/c11-10-7(5-14)4-6-2-1-3-8(13(15)16)9(6)12-10/h1-5H. The van der Waals surface area contributed by atoms with E-state index in [0.717, 1.165) is 0 Å². The smallest absolute Gasteiger partial charge is 0.295 e. The van der Waals surface area contributed by atoms with E-state index in [-0.39, 0.29) is 21.9 Å². The number of aromatic nitrogens is 1. The van der Waals surface area contributed by atoms with Gasteiger partial charge in [-0.05, 0) is 6.07 Å². The number of nitro benzene ring substituents is 1. The minimum absolute atomic E-state index is 0.0307. The van der Waals surface area contributed by atoms with Crippen LogP contribution in [-0.2, 0) is 0 Å². The maximum atomic E-state index is 10.7. The highest BCUT2D eigenvalue weighted by atomic mass is 35.5. The maximum Gasteiger partial charge on any atom is 0.295 e. The number of halogens is 1. The average Bonchev–Trinajstić information content (AvgIpc) is 2.27. The van der Waals surface area contributed by atoms with Crippen LogP contribution >= 0.6 is 11.6 Å². The molecule has 80 valence electrons. The second-order valence-electron chi connectivity index (χ2n) is 3.09. The summed E-state index contributed by atoms with van der Waals surface area (Å²) in [6, 6.07) is 5.99. The van der Waals surface area contributed by atoms with Crippen LogP contribution in [0.3, 0.4) is 0 Å². The molecule has 0 amide bonds. The van der Waals surface area contributed by atoms with Crippen LogP contribution in [0.25, 0.3) is 10.9 Å². The number of rotatable bonds is 2. The van der Waals surface area contributed by atoms with Crippen molar-refractivity contribution in [2.75, 3.05) is 0 Å². The van der Waals surface area contributed by atoms with E-state index in [4.69, 9.17) is 11.6 Å². The van der Waals surface area contributed by atoms with E-state index >= 15 is 0 Å². The second kappa shape index (κ2) is 3.86. The number of para-hydroxylation sites is 1. The third kappa shape index (κ3) is 1.61. The zero-order valence-corrected chi connectivity index (χ0v) is 8.64. The highest BCUT2D eigenvalue weighted by Crippen LogP contribution is 2.26. The highest BCUT2D eigenvalue weighted by molar-refractivity contribution is 6.32. The molecule has 16 heavy (non-hydrogen) atoms. The van der Waals surface area contributed by atoms with Crippen LogP contribution in [0.15, 0.2) is 24.3 Å². The number of nitrogens with zero attached hydrogens (tertiary/aromatic N) is 2. The Morgan fingerprint density at radius 3 is 2.81 bits per heavy atom. The summed E-state index contributed by atoms with van der Waals surface area (Å²) in [6.45, 7) is 0. The van der Waals surface area contributed by atoms with Crippen molar-refractivity contribution in [3.8, 4) is 0 Å². The molecule has 0 aliphatic carbocycles. The second-order valence-corrected chi connectivity index (χ2v) is 3.45. The summed E-state index contributed by atoms with van der Waals surface area (Å²) in [5.74, 6) is 0. The predicted molar refractivity (Wildman–Crippen MR) is 58.8 cm³/mol. The first-order chi connectivity index (χ1) is 7.63. The van der Waals surface area contributed by atoms with Crippen LogP contribution < -0.4 is 0 Å². The Balaban J connectivity index is 2.84. The molecule has 1 aromatic carbocycles. The van der Waals surface area contributed by atoms with Crippen molar-refractivity contribution in [2.24, 2.45) is 0 Å². The number of carbonyl (C=O) groups is 1. The fourth-order valence-electron chi connectivity index (χ4n) is 1.41. The Bertz CT molecular complexity index is 598. The minimum atomic E-state index is -0.535. The molecule has 2 rings (SSSR count). The Kier molecular flexibility index (Phi) is 2.54. The van der Waals surface area contributed by atoms with Crippen LogP contribution in [0.1, 0.15) is 10.4 Å². The number of pyridine rings is 1. The molecular formula is C10H5ClN2O3. The summed E-state index contributed by atoms with van der Waals surface area (Å²) in [5, 5.41) is 11.2. The van der Waals surface area contributed by atoms with Crippen LogP contribution in [0.4, 0.5) is 5.69 Å². The van der Waals surface area contributed by atoms with E-state index < -0.39 is 4.92 Å². The Morgan fingerprint density at radius 1 is 1.44 bits per heavy atom. The average molecular weight is 237 g/mol. The maximum absolute atomic E-state index is 10.7. The summed E-state index contributed by atoms with van der Waals surface area (Å²) in [4.78, 5) is 24.7. The molecule has 1 aromatic heterocycles. The van der Waals surface area contributed by atoms with Crippen molar-refractivity contribution < 1.29 is 9.72 Å². The lowest BCUT2D eigenvalue weighted by Crippen LogP contribution is -1.94. The van der Waals surface area contributed by atoms with Gasteiger partial charge in [0.1, 0.15) is 10.7 Å². The molecule has 1 heterocycles. The van der Waals surface area contributed by atoms with Gasteiger partial charge in [-0.15, -0.1) is 0 Å². The number of non-ortho nitro benzene ring substituents is 1. The Morgan fingerprint density at radius 2 is 2.19 bits per heavy atom. The molecule has 0 saturated carbocycles. The van der Waals surface area contributed by atoms with Gasteiger partial charge in [-0.25, -0.2) is 4.98 Å². The third-order valence-corrected chi connectivity index (χ3v) is 2.43. The Labute approximate surface area is 94.8 Å². The van der Waals surface area contributed by atoms with E-state index in [0.29, 0.717) is 11.7 Å². The van der Waals surface area contributed by atoms with Gasteiger partial charge < -0.3 is 0 Å². The van der Waals surface area contributed by atoms with Crippen molar-refractivity contribution in [3.05, 3.63) is 45.1 Å². The lowest BCUT2D eigenvalue weighted by atomic mass is 10.1. The molecule has 0 fully saturated rings. The largest absolute Gasteiger partial charge is 0.298 e. The number of fused-ring (bicyclic) bond motifs is 1. The van der Waals surface area contributed by atoms with Crippen molar-refractivity contribution in [1.82, 2.24) is 4.98 Å². The topological polar surface area (TPSA) is 73.1 Å². The van der Waals surface area contributed by atoms with Crippen LogP contribution in [0.5, 0.6) is 0 Å². The summed E-state index contributed by atoms with van der Waals surface area (Å²) >= 11 is 5.72. The van der Waals surface area contributed by atoms with Crippen molar-refractivity contribution in [1.29, 1.82) is 0 Å². The molecule has 0 atom stereocenters. The molecule has 6 heteroatoms. The van der Waals surface area contributed by atoms with Gasteiger partial charge in [0.15, 0.2) is 6.29 Å². The lowest BCUT2D eigenvalue weighted by molar-refractivity contribution is -0.383. The molecule has 0 aliphatic rings. The van der Waals surface area contributed by atoms with E-state index in [1.165, 1.54) is 18.2 Å². The van der Waals surface area contributed by atoms with Crippen molar-refractivity contribution in [2.45, 2.75) is 0 Å². The Hall–Kier alpha value is -2.01. The number of benzene rings is 1. The van der Waals surface area contributed by atoms with Crippen LogP contribution in [0, 0.1) is 10.1 Å². The van der Waals surface area contributed by atoms with E-state index in [2.05, 4.69) is 4.98 Å². The SMILES string of the molecule is O=Cc1cc2cccc([N+](=O)[O-])c2nc1Cl. The van der Waals surface area contributed by atoms with Crippen LogP contribution in [-0.4, -0.2) is 16.2 Å². The number of carbonyl (C=O) groups excluding carboxylic acids is 1. The van der Waals surface area contributed by atoms with E-state index in [1.54, 1.807) is 6.07 Å². The van der Waals surface area contributed by atoms with Gasteiger partial charge in [-0.3, -0.25) is 14.9 Å². The summed E-state index contributed by atoms with van der Waals surface area (Å²) in [6.07, 6.45) is 0.563. The fraction of sp³-hybridized carbons (Fsp3) is 0. The summed E-state index contributed by atoms with van der Waals surface area (Å²) in [7, 11) is 0. The van der Waals surface area contributed by atoms with E-state index in [1.807, 2.05) is 0 Å². The molecule has 0 saturated heterocycles. The number of aldehydes is 1. The quantitative estimate of drug-likeness (QED) is 0.348. The molecule has 5 nitrogen and oxygen atoms in total. The molecule has 0 radical (unpaired) electrons. The fourth-order valence-corrected chi connectivity index (χ4v) is 1.59.